The minimum absolute atomic E-state index is 0.333. The highest BCUT2D eigenvalue weighted by molar-refractivity contribution is 5.81. The van der Waals surface area contributed by atoms with Gasteiger partial charge in [0.25, 0.3) is 0 Å². The van der Waals surface area contributed by atoms with Gasteiger partial charge < -0.3 is 14.8 Å². The second-order valence-corrected chi connectivity index (χ2v) is 3.66. The fourth-order valence-electron chi connectivity index (χ4n) is 1.73. The van der Waals surface area contributed by atoms with E-state index in [1.807, 2.05) is 0 Å². The van der Waals surface area contributed by atoms with Crippen molar-refractivity contribution in [3.8, 4) is 0 Å². The van der Waals surface area contributed by atoms with Crippen LogP contribution in [-0.2, 0) is 6.42 Å². The van der Waals surface area contributed by atoms with Crippen molar-refractivity contribution < 1.29 is 14.3 Å². The second-order valence-electron chi connectivity index (χ2n) is 3.66. The van der Waals surface area contributed by atoms with Crippen molar-refractivity contribution in [2.75, 3.05) is 6.54 Å². The number of nitrogens with one attached hydrogen (secondary N) is 1. The lowest BCUT2D eigenvalue weighted by molar-refractivity contribution is 0.0651. The summed E-state index contributed by atoms with van der Waals surface area (Å²) in [5, 5.41) is 19.1. The van der Waals surface area contributed by atoms with Gasteiger partial charge >= 0.3 is 11.9 Å². The molecule has 1 aliphatic heterocycles. The lowest BCUT2D eigenvalue weighted by Gasteiger charge is -2.21. The molecule has 1 aromatic rings. The summed E-state index contributed by atoms with van der Waals surface area (Å²) in [5.74, 6) is -1.11. The Morgan fingerprint density at radius 1 is 1.53 bits per heavy atom. The molecule has 6 nitrogen and oxygen atoms in total. The van der Waals surface area contributed by atoms with Gasteiger partial charge in [0.15, 0.2) is 0 Å². The van der Waals surface area contributed by atoms with Crippen LogP contribution in [0.4, 0.5) is 0 Å². The number of aromatic carboxylic acids is 1. The number of aromatic nitrogens is 2. The van der Waals surface area contributed by atoms with Crippen molar-refractivity contribution in [2.45, 2.75) is 31.7 Å². The molecular formula is C9H13N3O3. The predicted octanol–water partition coefficient (Wildman–Crippen LogP) is 0.452. The van der Waals surface area contributed by atoms with Crippen molar-refractivity contribution >= 4 is 5.97 Å². The van der Waals surface area contributed by atoms with Gasteiger partial charge in [0, 0.05) is 12.5 Å². The number of rotatable bonds is 3. The molecule has 6 heteroatoms. The zero-order chi connectivity index (χ0) is 10.7. The average molecular weight is 211 g/mol. The molecule has 1 aliphatic rings. The van der Waals surface area contributed by atoms with Crippen LogP contribution in [0.25, 0.3) is 0 Å². The smallest absolute Gasteiger partial charge is 0.393 e. The van der Waals surface area contributed by atoms with Gasteiger partial charge in [0.2, 0.25) is 5.89 Å². The Balaban J connectivity index is 1.94. The molecule has 0 spiro atoms. The summed E-state index contributed by atoms with van der Waals surface area (Å²) in [7, 11) is 0. The van der Waals surface area contributed by atoms with Crippen LogP contribution in [0.2, 0.25) is 0 Å². The summed E-state index contributed by atoms with van der Waals surface area (Å²) in [4.78, 5) is 10.5. The second kappa shape index (κ2) is 4.39. The minimum atomic E-state index is -1.18. The Labute approximate surface area is 86.7 Å². The summed E-state index contributed by atoms with van der Waals surface area (Å²) in [6.07, 6.45) is 4.07. The lowest BCUT2D eigenvalue weighted by Crippen LogP contribution is -2.35. The topological polar surface area (TPSA) is 88.2 Å². The third-order valence-electron chi connectivity index (χ3n) is 2.48. The molecular weight excluding hydrogens is 198 g/mol. The standard InChI is InChI=1S/C9H13N3O3/c13-9(14)8-12-11-7(15-8)5-6-3-1-2-4-10-6/h6,10H,1-5H2,(H,13,14). The molecule has 0 amide bonds. The number of carboxylic acid groups (broad SMARTS) is 1. The average Bonchev–Trinajstić information content (AvgIpc) is 2.68. The summed E-state index contributed by atoms with van der Waals surface area (Å²) >= 11 is 0. The van der Waals surface area contributed by atoms with E-state index < -0.39 is 5.97 Å². The number of carboxylic acids is 1. The van der Waals surface area contributed by atoms with Crippen LogP contribution in [-0.4, -0.2) is 33.9 Å². The monoisotopic (exact) mass is 211 g/mol. The van der Waals surface area contributed by atoms with E-state index in [-0.39, 0.29) is 5.89 Å². The SMILES string of the molecule is O=C(O)c1nnc(CC2CCCCN2)o1. The van der Waals surface area contributed by atoms with E-state index in [1.165, 1.54) is 12.8 Å². The lowest BCUT2D eigenvalue weighted by atomic mass is 10.0. The largest absolute Gasteiger partial charge is 0.474 e. The van der Waals surface area contributed by atoms with Crippen LogP contribution in [0, 0.1) is 0 Å². The summed E-state index contributed by atoms with van der Waals surface area (Å²) in [6.45, 7) is 1.00. The first kappa shape index (κ1) is 10.1. The molecule has 2 N–H and O–H groups in total. The molecule has 1 atom stereocenters. The van der Waals surface area contributed by atoms with Gasteiger partial charge in [0.1, 0.15) is 0 Å². The fraction of sp³-hybridized carbons (Fsp3) is 0.667. The van der Waals surface area contributed by atoms with E-state index in [4.69, 9.17) is 9.52 Å². The zero-order valence-electron chi connectivity index (χ0n) is 8.27. The van der Waals surface area contributed by atoms with Crippen molar-refractivity contribution in [1.82, 2.24) is 15.5 Å². The maximum absolute atomic E-state index is 10.5. The van der Waals surface area contributed by atoms with Gasteiger partial charge in [-0.3, -0.25) is 0 Å². The van der Waals surface area contributed by atoms with Gasteiger partial charge in [-0.1, -0.05) is 6.42 Å². The molecule has 1 unspecified atom stereocenters. The van der Waals surface area contributed by atoms with Crippen LogP contribution < -0.4 is 5.32 Å². The molecule has 0 aliphatic carbocycles. The highest BCUT2D eigenvalue weighted by Crippen LogP contribution is 2.11. The van der Waals surface area contributed by atoms with Crippen molar-refractivity contribution in [3.63, 3.8) is 0 Å². The predicted molar refractivity (Wildman–Crippen MR) is 50.6 cm³/mol. The van der Waals surface area contributed by atoms with Crippen molar-refractivity contribution in [3.05, 3.63) is 11.8 Å². The van der Waals surface area contributed by atoms with Gasteiger partial charge in [-0.05, 0) is 19.4 Å². The fourth-order valence-corrected chi connectivity index (χ4v) is 1.73. The first-order valence-corrected chi connectivity index (χ1v) is 5.05. The molecule has 82 valence electrons. The van der Waals surface area contributed by atoms with Gasteiger partial charge in [-0.2, -0.15) is 0 Å². The molecule has 0 saturated carbocycles. The van der Waals surface area contributed by atoms with Crippen molar-refractivity contribution in [2.24, 2.45) is 0 Å². The van der Waals surface area contributed by atoms with Crippen LogP contribution in [0.5, 0.6) is 0 Å². The molecule has 2 heterocycles. The van der Waals surface area contributed by atoms with E-state index in [2.05, 4.69) is 15.5 Å². The Hall–Kier alpha value is -1.43. The van der Waals surface area contributed by atoms with Crippen LogP contribution in [0.1, 0.15) is 35.8 Å². The number of carbonyl (C=O) groups is 1. The third kappa shape index (κ3) is 2.53. The quantitative estimate of drug-likeness (QED) is 0.754. The first-order chi connectivity index (χ1) is 7.25. The molecule has 0 bridgehead atoms. The van der Waals surface area contributed by atoms with Crippen LogP contribution in [0.3, 0.4) is 0 Å². The first-order valence-electron chi connectivity index (χ1n) is 5.05. The number of hydrogen-bond donors (Lipinski definition) is 2. The summed E-state index contributed by atoms with van der Waals surface area (Å²) < 4.78 is 4.99. The van der Waals surface area contributed by atoms with Gasteiger partial charge in [0.05, 0.1) is 0 Å². The van der Waals surface area contributed by atoms with Gasteiger partial charge in [-0.15, -0.1) is 10.2 Å². The Bertz CT molecular complexity index is 344. The van der Waals surface area contributed by atoms with Crippen LogP contribution >= 0.6 is 0 Å². The van der Waals surface area contributed by atoms with E-state index >= 15 is 0 Å². The highest BCUT2D eigenvalue weighted by Gasteiger charge is 2.18. The zero-order valence-corrected chi connectivity index (χ0v) is 8.27. The van der Waals surface area contributed by atoms with E-state index in [1.54, 1.807) is 0 Å². The Kier molecular flexibility index (Phi) is 2.96. The molecule has 15 heavy (non-hydrogen) atoms. The maximum atomic E-state index is 10.5. The number of hydrogen-bond acceptors (Lipinski definition) is 5. The van der Waals surface area contributed by atoms with E-state index in [0.717, 1.165) is 13.0 Å². The Morgan fingerprint density at radius 2 is 2.40 bits per heavy atom. The van der Waals surface area contributed by atoms with Crippen molar-refractivity contribution in [1.29, 1.82) is 0 Å². The molecule has 1 saturated heterocycles. The third-order valence-corrected chi connectivity index (χ3v) is 2.48. The normalized spacial score (nSPS) is 21.5. The van der Waals surface area contributed by atoms with Gasteiger partial charge in [-0.25, -0.2) is 4.79 Å². The van der Waals surface area contributed by atoms with E-state index in [9.17, 15) is 4.79 Å². The summed E-state index contributed by atoms with van der Waals surface area (Å²) in [5.41, 5.74) is 0. The number of piperidine rings is 1. The minimum Gasteiger partial charge on any atom is -0.474 e. The summed E-state index contributed by atoms with van der Waals surface area (Å²) in [6, 6.07) is 0.334. The molecule has 2 rings (SSSR count). The highest BCUT2D eigenvalue weighted by atomic mass is 16.4. The van der Waals surface area contributed by atoms with E-state index in [0.29, 0.717) is 18.4 Å². The molecule has 1 fully saturated rings. The van der Waals surface area contributed by atoms with Crippen LogP contribution in [0.15, 0.2) is 4.42 Å². The maximum Gasteiger partial charge on any atom is 0.393 e. The molecule has 0 radical (unpaired) electrons. The number of nitrogens with zero attached hydrogens (tertiary/aromatic N) is 2. The molecule has 0 aromatic carbocycles. The molecule has 1 aromatic heterocycles. The Morgan fingerprint density at radius 3 is 3.00 bits per heavy atom.